The van der Waals surface area contributed by atoms with E-state index in [0.29, 0.717) is 5.75 Å². The van der Waals surface area contributed by atoms with Crippen LogP contribution < -0.4 is 10.6 Å². The average Bonchev–Trinajstić information content (AvgIpc) is 2.83. The Morgan fingerprint density at radius 2 is 2.11 bits per heavy atom. The number of amides is 2. The van der Waals surface area contributed by atoms with E-state index < -0.39 is 12.0 Å². The Bertz CT molecular complexity index is 347. The molecule has 2 saturated heterocycles. The molecule has 0 saturated carbocycles. The van der Waals surface area contributed by atoms with Crippen LogP contribution in [0.25, 0.3) is 0 Å². The van der Waals surface area contributed by atoms with Crippen molar-refractivity contribution in [3.8, 4) is 0 Å². The van der Waals surface area contributed by atoms with E-state index in [2.05, 4.69) is 10.6 Å². The molecule has 2 atom stereocenters. The van der Waals surface area contributed by atoms with Crippen LogP contribution in [0, 0.1) is 0 Å². The van der Waals surface area contributed by atoms with E-state index in [4.69, 9.17) is 0 Å². The van der Waals surface area contributed by atoms with Gasteiger partial charge in [-0.25, -0.2) is 9.59 Å². The Morgan fingerprint density at radius 3 is 2.68 bits per heavy atom. The van der Waals surface area contributed by atoms with Gasteiger partial charge in [-0.2, -0.15) is 0 Å². The van der Waals surface area contributed by atoms with Crippen molar-refractivity contribution in [1.82, 2.24) is 15.5 Å². The van der Waals surface area contributed by atoms with Crippen LogP contribution in [-0.2, 0) is 4.79 Å². The number of carbonyl (C=O) groups excluding carboxylic acids is 1. The summed E-state index contributed by atoms with van der Waals surface area (Å²) in [5.74, 6) is -0.433. The molecule has 19 heavy (non-hydrogen) atoms. The van der Waals surface area contributed by atoms with Gasteiger partial charge in [0.05, 0.1) is 5.37 Å². The lowest BCUT2D eigenvalue weighted by Crippen LogP contribution is -2.53. The highest BCUT2D eigenvalue weighted by molar-refractivity contribution is 8.00. The standard InChI is InChI=1S/C12H21N3O3S/c1-2-10-15(9(7-19-10)11(16)17)12(18)14-8-3-5-13-6-4-8/h8-10,13H,2-7H2,1H3,(H,14,18)(H,16,17). The molecule has 0 aromatic heterocycles. The van der Waals surface area contributed by atoms with Gasteiger partial charge in [-0.3, -0.25) is 4.90 Å². The van der Waals surface area contributed by atoms with Crippen LogP contribution in [0.5, 0.6) is 0 Å². The third-order valence-electron chi connectivity index (χ3n) is 3.63. The number of aliphatic carboxylic acids is 1. The lowest BCUT2D eigenvalue weighted by molar-refractivity contribution is -0.141. The minimum atomic E-state index is -0.913. The predicted molar refractivity (Wildman–Crippen MR) is 74.2 cm³/mol. The number of carboxylic acids is 1. The number of nitrogens with one attached hydrogen (secondary N) is 2. The van der Waals surface area contributed by atoms with Crippen molar-refractivity contribution in [1.29, 1.82) is 0 Å². The molecule has 2 aliphatic heterocycles. The smallest absolute Gasteiger partial charge is 0.327 e. The number of piperidine rings is 1. The van der Waals surface area contributed by atoms with Crippen LogP contribution in [0.4, 0.5) is 4.79 Å². The fourth-order valence-corrected chi connectivity index (χ4v) is 3.90. The fraction of sp³-hybridized carbons (Fsp3) is 0.833. The van der Waals surface area contributed by atoms with Gasteiger partial charge in [-0.05, 0) is 32.4 Å². The number of hydrogen-bond donors (Lipinski definition) is 3. The second kappa shape index (κ2) is 6.47. The van der Waals surface area contributed by atoms with Crippen LogP contribution in [0.15, 0.2) is 0 Å². The molecule has 2 rings (SSSR count). The van der Waals surface area contributed by atoms with Crippen molar-refractivity contribution < 1.29 is 14.7 Å². The molecule has 0 bridgehead atoms. The summed E-state index contributed by atoms with van der Waals surface area (Å²) >= 11 is 1.55. The van der Waals surface area contributed by atoms with Crippen molar-refractivity contribution in [2.24, 2.45) is 0 Å². The zero-order valence-corrected chi connectivity index (χ0v) is 11.9. The fourth-order valence-electron chi connectivity index (χ4n) is 2.56. The van der Waals surface area contributed by atoms with Crippen LogP contribution in [0.1, 0.15) is 26.2 Å². The van der Waals surface area contributed by atoms with Gasteiger partial charge in [0.2, 0.25) is 0 Å². The van der Waals surface area contributed by atoms with Gasteiger partial charge >= 0.3 is 12.0 Å². The van der Waals surface area contributed by atoms with Gasteiger partial charge in [-0.15, -0.1) is 11.8 Å². The summed E-state index contributed by atoms with van der Waals surface area (Å²) in [6.07, 6.45) is 2.58. The van der Waals surface area contributed by atoms with E-state index in [1.807, 2.05) is 6.92 Å². The van der Waals surface area contributed by atoms with Crippen molar-refractivity contribution in [2.45, 2.75) is 43.6 Å². The Hall–Kier alpha value is -0.950. The van der Waals surface area contributed by atoms with Crippen LogP contribution >= 0.6 is 11.8 Å². The molecule has 2 heterocycles. The molecular formula is C12H21N3O3S. The van der Waals surface area contributed by atoms with Gasteiger partial charge in [0, 0.05) is 11.8 Å². The predicted octanol–water partition coefficient (Wildman–Crippen LogP) is 0.686. The molecule has 0 aliphatic carbocycles. The number of rotatable bonds is 3. The first-order valence-corrected chi connectivity index (χ1v) is 7.82. The molecule has 7 heteroatoms. The Kier molecular flexibility index (Phi) is 4.93. The largest absolute Gasteiger partial charge is 0.480 e. The SMILES string of the molecule is CCC1SCC(C(=O)O)N1C(=O)NC1CCNCC1. The third-order valence-corrected chi connectivity index (χ3v) is 5.08. The van der Waals surface area contributed by atoms with Gasteiger partial charge in [0.15, 0.2) is 0 Å². The molecule has 2 aliphatic rings. The highest BCUT2D eigenvalue weighted by Crippen LogP contribution is 2.31. The van der Waals surface area contributed by atoms with E-state index in [9.17, 15) is 14.7 Å². The molecule has 0 radical (unpaired) electrons. The number of urea groups is 1. The first-order valence-electron chi connectivity index (χ1n) is 6.77. The van der Waals surface area contributed by atoms with E-state index >= 15 is 0 Å². The van der Waals surface area contributed by atoms with Gasteiger partial charge < -0.3 is 15.7 Å². The topological polar surface area (TPSA) is 81.7 Å². The van der Waals surface area contributed by atoms with E-state index in [1.54, 1.807) is 11.8 Å². The van der Waals surface area contributed by atoms with Crippen molar-refractivity contribution in [3.05, 3.63) is 0 Å². The summed E-state index contributed by atoms with van der Waals surface area (Å²) in [6.45, 7) is 3.78. The Labute approximate surface area is 117 Å². The number of hydrogen-bond acceptors (Lipinski definition) is 4. The number of carbonyl (C=O) groups is 2. The normalized spacial score (nSPS) is 28.4. The second-order valence-corrected chi connectivity index (χ2v) is 6.14. The van der Waals surface area contributed by atoms with E-state index in [1.165, 1.54) is 4.90 Å². The lowest BCUT2D eigenvalue weighted by atomic mass is 10.1. The molecule has 2 amide bonds. The van der Waals surface area contributed by atoms with Crippen LogP contribution in [0.3, 0.4) is 0 Å². The highest BCUT2D eigenvalue weighted by atomic mass is 32.2. The monoisotopic (exact) mass is 287 g/mol. The number of nitrogens with zero attached hydrogens (tertiary/aromatic N) is 1. The minimum Gasteiger partial charge on any atom is -0.480 e. The number of thioether (sulfide) groups is 1. The molecule has 3 N–H and O–H groups in total. The average molecular weight is 287 g/mol. The molecule has 0 aromatic carbocycles. The van der Waals surface area contributed by atoms with Crippen molar-refractivity contribution in [2.75, 3.05) is 18.8 Å². The zero-order valence-electron chi connectivity index (χ0n) is 11.1. The highest BCUT2D eigenvalue weighted by Gasteiger charge is 2.41. The first kappa shape index (κ1) is 14.5. The minimum absolute atomic E-state index is 0.0252. The van der Waals surface area contributed by atoms with E-state index in [-0.39, 0.29) is 17.4 Å². The molecule has 6 nitrogen and oxygen atoms in total. The van der Waals surface area contributed by atoms with Gasteiger partial charge in [0.1, 0.15) is 6.04 Å². The zero-order chi connectivity index (χ0) is 13.8. The maximum absolute atomic E-state index is 12.3. The van der Waals surface area contributed by atoms with Crippen LogP contribution in [-0.4, -0.2) is 58.3 Å². The molecule has 0 aromatic rings. The van der Waals surface area contributed by atoms with Gasteiger partial charge in [0.25, 0.3) is 0 Å². The Morgan fingerprint density at radius 1 is 1.42 bits per heavy atom. The summed E-state index contributed by atoms with van der Waals surface area (Å²) in [7, 11) is 0. The molecule has 108 valence electrons. The maximum Gasteiger partial charge on any atom is 0.327 e. The summed E-state index contributed by atoms with van der Waals surface area (Å²) < 4.78 is 0. The summed E-state index contributed by atoms with van der Waals surface area (Å²) in [5.41, 5.74) is 0. The summed E-state index contributed by atoms with van der Waals surface area (Å²) in [5, 5.41) is 15.4. The maximum atomic E-state index is 12.3. The van der Waals surface area contributed by atoms with Crippen molar-refractivity contribution >= 4 is 23.8 Å². The first-order chi connectivity index (χ1) is 9.13. The lowest BCUT2D eigenvalue weighted by Gasteiger charge is -2.31. The summed E-state index contributed by atoms with van der Waals surface area (Å²) in [6, 6.07) is -0.765. The molecular weight excluding hydrogens is 266 g/mol. The van der Waals surface area contributed by atoms with Gasteiger partial charge in [-0.1, -0.05) is 6.92 Å². The molecule has 0 spiro atoms. The molecule has 2 unspecified atom stereocenters. The number of carboxylic acid groups (broad SMARTS) is 1. The molecule has 2 fully saturated rings. The van der Waals surface area contributed by atoms with Crippen LogP contribution in [0.2, 0.25) is 0 Å². The Balaban J connectivity index is 1.99. The van der Waals surface area contributed by atoms with E-state index in [0.717, 1.165) is 32.4 Å². The quantitative estimate of drug-likeness (QED) is 0.711. The van der Waals surface area contributed by atoms with Crippen molar-refractivity contribution in [3.63, 3.8) is 0 Å². The second-order valence-electron chi connectivity index (χ2n) is 4.93. The summed E-state index contributed by atoms with van der Waals surface area (Å²) in [4.78, 5) is 25.0. The third kappa shape index (κ3) is 3.33.